The van der Waals surface area contributed by atoms with Crippen LogP contribution in [0, 0.1) is 0 Å². The molecule has 6 heteroatoms. The third kappa shape index (κ3) is 4.26. The first kappa shape index (κ1) is 17.2. The first-order valence-corrected chi connectivity index (χ1v) is 8.64. The third-order valence-corrected chi connectivity index (χ3v) is 4.64. The van der Waals surface area contributed by atoms with Crippen LogP contribution in [0.2, 0.25) is 0 Å². The Balaban J connectivity index is 1.53. The summed E-state index contributed by atoms with van der Waals surface area (Å²) in [5.41, 5.74) is 0.978. The van der Waals surface area contributed by atoms with E-state index in [1.54, 1.807) is 7.11 Å². The highest BCUT2D eigenvalue weighted by molar-refractivity contribution is 5.78. The van der Waals surface area contributed by atoms with Gasteiger partial charge in [0.25, 0.3) is 0 Å². The standard InChI is InChI=1S/C18H26N2O4/c1-22-16-8-3-2-6-14(16)12-19-17(21)13-20-9-5-4-7-15(20)18-23-10-11-24-18/h2-3,6,8,15,18H,4-5,7,9-13H2,1H3,(H,19,21). The van der Waals surface area contributed by atoms with Crippen LogP contribution < -0.4 is 10.1 Å². The van der Waals surface area contributed by atoms with E-state index in [4.69, 9.17) is 14.2 Å². The molecule has 2 saturated heterocycles. The maximum atomic E-state index is 12.4. The van der Waals surface area contributed by atoms with E-state index in [2.05, 4.69) is 10.2 Å². The van der Waals surface area contributed by atoms with E-state index in [-0.39, 0.29) is 18.2 Å². The summed E-state index contributed by atoms with van der Waals surface area (Å²) in [7, 11) is 1.64. The molecule has 1 aromatic rings. The Kier molecular flexibility index (Phi) is 6.07. The van der Waals surface area contributed by atoms with Gasteiger partial charge in [-0.1, -0.05) is 24.6 Å². The fourth-order valence-corrected chi connectivity index (χ4v) is 3.40. The molecule has 0 aromatic heterocycles. The molecule has 0 aliphatic carbocycles. The first-order chi connectivity index (χ1) is 11.8. The molecule has 0 spiro atoms. The molecular weight excluding hydrogens is 308 g/mol. The Morgan fingerprint density at radius 1 is 1.29 bits per heavy atom. The molecule has 24 heavy (non-hydrogen) atoms. The van der Waals surface area contributed by atoms with Gasteiger partial charge in [-0.15, -0.1) is 0 Å². The van der Waals surface area contributed by atoms with Gasteiger partial charge in [0.15, 0.2) is 6.29 Å². The van der Waals surface area contributed by atoms with Crippen LogP contribution in [0.4, 0.5) is 0 Å². The molecule has 1 aromatic carbocycles. The molecule has 2 aliphatic heterocycles. The second-order valence-electron chi connectivity index (χ2n) is 6.23. The minimum Gasteiger partial charge on any atom is -0.496 e. The predicted octanol–water partition coefficient (Wildman–Crippen LogP) is 1.54. The van der Waals surface area contributed by atoms with Gasteiger partial charge in [-0.3, -0.25) is 9.69 Å². The lowest BCUT2D eigenvalue weighted by Crippen LogP contribution is -2.50. The van der Waals surface area contributed by atoms with Crippen molar-refractivity contribution in [3.63, 3.8) is 0 Å². The quantitative estimate of drug-likeness (QED) is 0.855. The Hall–Kier alpha value is -1.63. The summed E-state index contributed by atoms with van der Waals surface area (Å²) in [5.74, 6) is 0.812. The van der Waals surface area contributed by atoms with Crippen LogP contribution in [-0.2, 0) is 20.8 Å². The largest absolute Gasteiger partial charge is 0.496 e. The van der Waals surface area contributed by atoms with Gasteiger partial charge in [-0.25, -0.2) is 0 Å². The van der Waals surface area contributed by atoms with Gasteiger partial charge < -0.3 is 19.5 Å². The van der Waals surface area contributed by atoms with Crippen molar-refractivity contribution < 1.29 is 19.0 Å². The molecule has 0 bridgehead atoms. The van der Waals surface area contributed by atoms with Crippen LogP contribution in [0.1, 0.15) is 24.8 Å². The molecular formula is C18H26N2O4. The summed E-state index contributed by atoms with van der Waals surface area (Å²) in [4.78, 5) is 14.6. The van der Waals surface area contributed by atoms with E-state index in [1.165, 1.54) is 0 Å². The number of piperidine rings is 1. The molecule has 1 atom stereocenters. The number of para-hydroxylation sites is 1. The Bertz CT molecular complexity index is 546. The number of rotatable bonds is 6. The van der Waals surface area contributed by atoms with Gasteiger partial charge in [-0.2, -0.15) is 0 Å². The molecule has 2 aliphatic rings. The molecule has 1 unspecified atom stereocenters. The monoisotopic (exact) mass is 334 g/mol. The Labute approximate surface area is 143 Å². The minimum atomic E-state index is -0.188. The highest BCUT2D eigenvalue weighted by atomic mass is 16.7. The van der Waals surface area contributed by atoms with Crippen LogP contribution in [-0.4, -0.2) is 56.6 Å². The normalized spacial score (nSPS) is 22.5. The molecule has 132 valence electrons. The summed E-state index contributed by atoms with van der Waals surface area (Å²) in [6, 6.07) is 7.90. The van der Waals surface area contributed by atoms with Gasteiger partial charge >= 0.3 is 0 Å². The van der Waals surface area contributed by atoms with E-state index < -0.39 is 0 Å². The summed E-state index contributed by atoms with van der Waals surface area (Å²) in [6.45, 7) is 3.06. The summed E-state index contributed by atoms with van der Waals surface area (Å²) >= 11 is 0. The van der Waals surface area contributed by atoms with Gasteiger partial charge in [0, 0.05) is 12.1 Å². The summed E-state index contributed by atoms with van der Waals surface area (Å²) in [5, 5.41) is 2.99. The topological polar surface area (TPSA) is 60.0 Å². The second kappa shape index (κ2) is 8.46. The van der Waals surface area contributed by atoms with Crippen molar-refractivity contribution >= 4 is 5.91 Å². The fourth-order valence-electron chi connectivity index (χ4n) is 3.40. The van der Waals surface area contributed by atoms with Crippen molar-refractivity contribution in [2.24, 2.45) is 0 Å². The van der Waals surface area contributed by atoms with Crippen LogP contribution in [0.25, 0.3) is 0 Å². The van der Waals surface area contributed by atoms with Crippen LogP contribution in [0.5, 0.6) is 5.75 Å². The van der Waals surface area contributed by atoms with E-state index in [9.17, 15) is 4.79 Å². The average molecular weight is 334 g/mol. The van der Waals surface area contributed by atoms with Crippen molar-refractivity contribution in [1.82, 2.24) is 10.2 Å². The molecule has 0 radical (unpaired) electrons. The van der Waals surface area contributed by atoms with Crippen molar-refractivity contribution in [3.8, 4) is 5.75 Å². The number of hydrogen-bond acceptors (Lipinski definition) is 5. The predicted molar refractivity (Wildman–Crippen MR) is 89.7 cm³/mol. The van der Waals surface area contributed by atoms with Gasteiger partial charge in [0.05, 0.1) is 32.9 Å². The van der Waals surface area contributed by atoms with E-state index in [0.717, 1.165) is 37.1 Å². The molecule has 0 saturated carbocycles. The van der Waals surface area contributed by atoms with Gasteiger partial charge in [0.1, 0.15) is 5.75 Å². The second-order valence-corrected chi connectivity index (χ2v) is 6.23. The number of nitrogens with one attached hydrogen (secondary N) is 1. The lowest BCUT2D eigenvalue weighted by atomic mass is 10.0. The van der Waals surface area contributed by atoms with Crippen LogP contribution in [0.3, 0.4) is 0 Å². The number of ether oxygens (including phenoxy) is 3. The number of carbonyl (C=O) groups is 1. The van der Waals surface area contributed by atoms with Crippen molar-refractivity contribution in [1.29, 1.82) is 0 Å². The molecule has 3 rings (SSSR count). The molecule has 2 heterocycles. The highest BCUT2D eigenvalue weighted by Gasteiger charge is 2.34. The summed E-state index contributed by atoms with van der Waals surface area (Å²) in [6.07, 6.45) is 3.10. The number of amides is 1. The average Bonchev–Trinajstić information content (AvgIpc) is 3.15. The van der Waals surface area contributed by atoms with Crippen molar-refractivity contribution in [2.75, 3.05) is 33.4 Å². The van der Waals surface area contributed by atoms with Crippen LogP contribution >= 0.6 is 0 Å². The molecule has 1 amide bonds. The van der Waals surface area contributed by atoms with Gasteiger partial charge in [-0.05, 0) is 25.5 Å². The number of likely N-dealkylation sites (tertiary alicyclic amines) is 1. The smallest absolute Gasteiger partial charge is 0.234 e. The zero-order valence-electron chi connectivity index (χ0n) is 14.2. The summed E-state index contributed by atoms with van der Waals surface area (Å²) < 4.78 is 16.6. The van der Waals surface area contributed by atoms with Crippen molar-refractivity contribution in [3.05, 3.63) is 29.8 Å². The Morgan fingerprint density at radius 3 is 2.88 bits per heavy atom. The zero-order valence-corrected chi connectivity index (χ0v) is 14.2. The van der Waals surface area contributed by atoms with Crippen molar-refractivity contribution in [2.45, 2.75) is 38.1 Å². The van der Waals surface area contributed by atoms with E-state index in [0.29, 0.717) is 26.3 Å². The Morgan fingerprint density at radius 2 is 2.08 bits per heavy atom. The maximum Gasteiger partial charge on any atom is 0.234 e. The maximum absolute atomic E-state index is 12.4. The molecule has 2 fully saturated rings. The lowest BCUT2D eigenvalue weighted by molar-refractivity contribution is -0.131. The lowest BCUT2D eigenvalue weighted by Gasteiger charge is -2.37. The first-order valence-electron chi connectivity index (χ1n) is 8.64. The fraction of sp³-hybridized carbons (Fsp3) is 0.611. The minimum absolute atomic E-state index is 0.0193. The van der Waals surface area contributed by atoms with E-state index >= 15 is 0 Å². The number of benzene rings is 1. The number of carbonyl (C=O) groups excluding carboxylic acids is 1. The third-order valence-electron chi connectivity index (χ3n) is 4.64. The highest BCUT2D eigenvalue weighted by Crippen LogP contribution is 2.24. The van der Waals surface area contributed by atoms with E-state index in [1.807, 2.05) is 24.3 Å². The molecule has 1 N–H and O–H groups in total. The molecule has 6 nitrogen and oxygen atoms in total. The number of hydrogen-bond donors (Lipinski definition) is 1. The van der Waals surface area contributed by atoms with Crippen LogP contribution in [0.15, 0.2) is 24.3 Å². The van der Waals surface area contributed by atoms with Gasteiger partial charge in [0.2, 0.25) is 5.91 Å². The number of methoxy groups -OCH3 is 1. The number of nitrogens with zero attached hydrogens (tertiary/aromatic N) is 1. The SMILES string of the molecule is COc1ccccc1CNC(=O)CN1CCCCC1C1OCCO1. The zero-order chi connectivity index (χ0) is 16.8.